The van der Waals surface area contributed by atoms with Crippen LogP contribution in [0.3, 0.4) is 0 Å². The number of ether oxygens (including phenoxy) is 3. The van der Waals surface area contributed by atoms with Gasteiger partial charge in [0.25, 0.3) is 0 Å². The van der Waals surface area contributed by atoms with Crippen molar-refractivity contribution >= 4 is 5.91 Å². The molecule has 0 bridgehead atoms. The first-order valence-corrected chi connectivity index (χ1v) is 9.84. The van der Waals surface area contributed by atoms with Gasteiger partial charge in [-0.1, -0.05) is 12.1 Å². The minimum atomic E-state index is -0.0468. The number of carbonyl (C=O) groups is 1. The summed E-state index contributed by atoms with van der Waals surface area (Å²) in [6.07, 6.45) is 4.29. The first kappa shape index (κ1) is 19.2. The first-order valence-electron chi connectivity index (χ1n) is 9.84. The van der Waals surface area contributed by atoms with Crippen LogP contribution in [0.25, 0.3) is 0 Å². The fourth-order valence-corrected chi connectivity index (χ4v) is 3.65. The number of rotatable bonds is 7. The van der Waals surface area contributed by atoms with Gasteiger partial charge in [-0.25, -0.2) is 0 Å². The highest BCUT2D eigenvalue weighted by atomic mass is 16.7. The molecule has 2 aliphatic heterocycles. The highest BCUT2D eigenvalue weighted by molar-refractivity contribution is 5.76. The number of aryl methyl sites for hydroxylation is 2. The lowest BCUT2D eigenvalue weighted by atomic mass is 9.96. The van der Waals surface area contributed by atoms with Crippen LogP contribution in [0, 0.1) is 19.8 Å². The van der Waals surface area contributed by atoms with Crippen LogP contribution in [0.5, 0.6) is 5.75 Å². The Balaban J connectivity index is 1.30. The van der Waals surface area contributed by atoms with E-state index in [0.29, 0.717) is 32.2 Å². The first-order chi connectivity index (χ1) is 12.6. The van der Waals surface area contributed by atoms with Gasteiger partial charge in [-0.2, -0.15) is 0 Å². The molecule has 2 aliphatic rings. The molecule has 0 unspecified atom stereocenters. The molecule has 0 aliphatic carbocycles. The summed E-state index contributed by atoms with van der Waals surface area (Å²) in [7, 11) is 0. The van der Waals surface area contributed by atoms with E-state index >= 15 is 0 Å². The van der Waals surface area contributed by atoms with Gasteiger partial charge in [0, 0.05) is 25.4 Å². The third-order valence-corrected chi connectivity index (χ3v) is 5.31. The molecule has 0 spiro atoms. The van der Waals surface area contributed by atoms with E-state index in [9.17, 15) is 4.79 Å². The van der Waals surface area contributed by atoms with E-state index in [2.05, 4.69) is 32.0 Å². The molecule has 5 heteroatoms. The minimum absolute atomic E-state index is 0.0468. The highest BCUT2D eigenvalue weighted by Crippen LogP contribution is 2.26. The Morgan fingerprint density at radius 1 is 1.15 bits per heavy atom. The van der Waals surface area contributed by atoms with Gasteiger partial charge in [0.15, 0.2) is 6.29 Å². The van der Waals surface area contributed by atoms with Crippen LogP contribution < -0.4 is 4.74 Å². The lowest BCUT2D eigenvalue weighted by molar-refractivity contribution is -0.137. The maximum Gasteiger partial charge on any atom is 0.222 e. The number of unbranched alkanes of at least 4 members (excludes halogenated alkanes) is 1. The fraction of sp³-hybridized carbons (Fsp3) is 0.667. The largest absolute Gasteiger partial charge is 0.493 e. The Labute approximate surface area is 156 Å². The summed E-state index contributed by atoms with van der Waals surface area (Å²) in [5.74, 6) is 1.66. The Morgan fingerprint density at radius 2 is 1.88 bits per heavy atom. The van der Waals surface area contributed by atoms with Crippen molar-refractivity contribution in [3.63, 3.8) is 0 Å². The number of hydrogen-bond acceptors (Lipinski definition) is 4. The second-order valence-corrected chi connectivity index (χ2v) is 7.40. The third-order valence-electron chi connectivity index (χ3n) is 5.31. The average Bonchev–Trinajstić information content (AvgIpc) is 3.19. The Kier molecular flexibility index (Phi) is 6.92. The van der Waals surface area contributed by atoms with E-state index in [1.807, 2.05) is 4.90 Å². The molecule has 1 aromatic rings. The van der Waals surface area contributed by atoms with Crippen LogP contribution in [0.15, 0.2) is 18.2 Å². The van der Waals surface area contributed by atoms with Gasteiger partial charge in [-0.3, -0.25) is 4.79 Å². The molecule has 0 aromatic heterocycles. The molecular formula is C21H31NO4. The molecule has 0 radical (unpaired) electrons. The summed E-state index contributed by atoms with van der Waals surface area (Å²) in [5.41, 5.74) is 2.36. The number of nitrogens with zero attached hydrogens (tertiary/aromatic N) is 1. The van der Waals surface area contributed by atoms with Crippen molar-refractivity contribution in [2.24, 2.45) is 5.92 Å². The summed E-state index contributed by atoms with van der Waals surface area (Å²) < 4.78 is 17.0. The lowest BCUT2D eigenvalue weighted by Gasteiger charge is -2.34. The Hall–Kier alpha value is -1.59. The highest BCUT2D eigenvalue weighted by Gasteiger charge is 2.31. The summed E-state index contributed by atoms with van der Waals surface area (Å²) >= 11 is 0. The van der Waals surface area contributed by atoms with Crippen LogP contribution in [-0.4, -0.2) is 50.0 Å². The fourth-order valence-electron chi connectivity index (χ4n) is 3.65. The maximum atomic E-state index is 12.4. The number of benzene rings is 1. The quantitative estimate of drug-likeness (QED) is 0.698. The summed E-state index contributed by atoms with van der Waals surface area (Å²) in [4.78, 5) is 14.4. The Morgan fingerprint density at radius 3 is 2.62 bits per heavy atom. The van der Waals surface area contributed by atoms with Crippen molar-refractivity contribution in [2.45, 2.75) is 52.2 Å². The molecule has 0 atom stereocenters. The molecule has 26 heavy (non-hydrogen) atoms. The second-order valence-electron chi connectivity index (χ2n) is 7.40. The lowest BCUT2D eigenvalue weighted by Crippen LogP contribution is -2.41. The van der Waals surface area contributed by atoms with Crippen LogP contribution in [0.4, 0.5) is 0 Å². The van der Waals surface area contributed by atoms with Crippen molar-refractivity contribution < 1.29 is 19.0 Å². The molecule has 144 valence electrons. The van der Waals surface area contributed by atoms with Gasteiger partial charge in [0.05, 0.1) is 19.8 Å². The predicted molar refractivity (Wildman–Crippen MR) is 100 cm³/mol. The van der Waals surface area contributed by atoms with E-state index < -0.39 is 0 Å². The van der Waals surface area contributed by atoms with Crippen LogP contribution >= 0.6 is 0 Å². The number of hydrogen-bond donors (Lipinski definition) is 0. The predicted octanol–water partition coefficient (Wildman–Crippen LogP) is 3.46. The molecule has 1 aromatic carbocycles. The van der Waals surface area contributed by atoms with Crippen LogP contribution in [0.2, 0.25) is 0 Å². The number of piperidine rings is 1. The van der Waals surface area contributed by atoms with E-state index in [-0.39, 0.29) is 12.2 Å². The van der Waals surface area contributed by atoms with Crippen molar-refractivity contribution in [1.29, 1.82) is 0 Å². The number of carbonyl (C=O) groups excluding carboxylic acids is 1. The molecule has 3 rings (SSSR count). The number of amides is 1. The zero-order valence-corrected chi connectivity index (χ0v) is 16.0. The SMILES string of the molecule is Cc1ccc(C)c(OCCCCC(=O)N2CCC(C3OCCO3)CC2)c1. The van der Waals surface area contributed by atoms with E-state index in [1.54, 1.807) is 0 Å². The molecule has 5 nitrogen and oxygen atoms in total. The van der Waals surface area contributed by atoms with Crippen molar-refractivity contribution in [3.8, 4) is 5.75 Å². The van der Waals surface area contributed by atoms with Crippen molar-refractivity contribution in [1.82, 2.24) is 4.90 Å². The van der Waals surface area contributed by atoms with Gasteiger partial charge in [0.2, 0.25) is 5.91 Å². The van der Waals surface area contributed by atoms with Crippen LogP contribution in [-0.2, 0) is 14.3 Å². The number of likely N-dealkylation sites (tertiary alicyclic amines) is 1. The summed E-state index contributed by atoms with van der Waals surface area (Å²) in [6, 6.07) is 6.25. The standard InChI is InChI=1S/C21H31NO4/c1-16-6-7-17(2)19(15-16)24-12-4-3-5-20(23)22-10-8-18(9-11-22)21-25-13-14-26-21/h6-7,15,18,21H,3-5,8-14H2,1-2H3. The monoisotopic (exact) mass is 361 g/mol. The van der Waals surface area contributed by atoms with E-state index in [1.165, 1.54) is 5.56 Å². The van der Waals surface area contributed by atoms with Gasteiger partial charge in [-0.15, -0.1) is 0 Å². The van der Waals surface area contributed by atoms with Gasteiger partial charge in [0.1, 0.15) is 5.75 Å². The van der Waals surface area contributed by atoms with Gasteiger partial charge < -0.3 is 19.1 Å². The molecular weight excluding hydrogens is 330 g/mol. The zero-order chi connectivity index (χ0) is 18.4. The van der Waals surface area contributed by atoms with Gasteiger partial charge >= 0.3 is 0 Å². The normalized spacial score (nSPS) is 19.1. The summed E-state index contributed by atoms with van der Waals surface area (Å²) in [5, 5.41) is 0. The van der Waals surface area contributed by atoms with Crippen LogP contribution in [0.1, 0.15) is 43.2 Å². The molecule has 0 N–H and O–H groups in total. The molecule has 2 heterocycles. The Bertz CT molecular complexity index is 590. The van der Waals surface area contributed by atoms with Crippen molar-refractivity contribution in [2.75, 3.05) is 32.9 Å². The zero-order valence-electron chi connectivity index (χ0n) is 16.0. The smallest absolute Gasteiger partial charge is 0.222 e. The third kappa shape index (κ3) is 5.21. The molecule has 2 saturated heterocycles. The van der Waals surface area contributed by atoms with Gasteiger partial charge in [-0.05, 0) is 56.7 Å². The maximum absolute atomic E-state index is 12.4. The van der Waals surface area contributed by atoms with Crippen molar-refractivity contribution in [3.05, 3.63) is 29.3 Å². The second kappa shape index (κ2) is 9.38. The average molecular weight is 361 g/mol. The molecule has 0 saturated carbocycles. The summed E-state index contributed by atoms with van der Waals surface area (Å²) in [6.45, 7) is 7.85. The van der Waals surface area contributed by atoms with E-state index in [4.69, 9.17) is 14.2 Å². The molecule has 1 amide bonds. The van der Waals surface area contributed by atoms with E-state index in [0.717, 1.165) is 50.1 Å². The topological polar surface area (TPSA) is 48.0 Å². The molecule has 2 fully saturated rings. The minimum Gasteiger partial charge on any atom is -0.493 e.